The van der Waals surface area contributed by atoms with Crippen LogP contribution in [0.5, 0.6) is 0 Å². The van der Waals surface area contributed by atoms with Crippen molar-refractivity contribution in [2.24, 2.45) is 14.1 Å². The third-order valence-corrected chi connectivity index (χ3v) is 7.91. The summed E-state index contributed by atoms with van der Waals surface area (Å²) in [6.45, 7) is 1.18. The van der Waals surface area contributed by atoms with Crippen molar-refractivity contribution in [1.29, 1.82) is 0 Å². The molecule has 3 heterocycles. The van der Waals surface area contributed by atoms with Crippen LogP contribution in [0.3, 0.4) is 0 Å². The predicted molar refractivity (Wildman–Crippen MR) is 139 cm³/mol. The number of benzene rings is 2. The monoisotopic (exact) mass is 492 g/mol. The summed E-state index contributed by atoms with van der Waals surface area (Å²) in [5, 5.41) is 0. The van der Waals surface area contributed by atoms with E-state index in [-0.39, 0.29) is 11.2 Å². The summed E-state index contributed by atoms with van der Waals surface area (Å²) >= 11 is 3.32. The van der Waals surface area contributed by atoms with Crippen LogP contribution in [0.1, 0.15) is 5.56 Å². The summed E-state index contributed by atoms with van der Waals surface area (Å²) in [7, 11) is 5.11. The smallest absolute Gasteiger partial charge is 0.332 e. The molecule has 0 aliphatic carbocycles. The summed E-state index contributed by atoms with van der Waals surface area (Å²) in [6, 6.07) is 18.2. The third-order valence-electron chi connectivity index (χ3n) is 5.75. The van der Waals surface area contributed by atoms with Crippen molar-refractivity contribution < 1.29 is 0 Å². The Labute approximate surface area is 204 Å². The first kappa shape index (κ1) is 22.4. The summed E-state index contributed by atoms with van der Waals surface area (Å²) in [6.07, 6.45) is 0. The maximum Gasteiger partial charge on any atom is 0.332 e. The van der Waals surface area contributed by atoms with Crippen LogP contribution in [-0.2, 0) is 27.2 Å². The number of hydrogen-bond acceptors (Lipinski definition) is 7. The van der Waals surface area contributed by atoms with Gasteiger partial charge in [0.1, 0.15) is 0 Å². The van der Waals surface area contributed by atoms with Gasteiger partial charge in [0.15, 0.2) is 15.5 Å². The van der Waals surface area contributed by atoms with Crippen molar-refractivity contribution in [1.82, 2.24) is 23.7 Å². The largest absolute Gasteiger partial charge is 0.341 e. The van der Waals surface area contributed by atoms with E-state index in [1.54, 1.807) is 30.1 Å². The second kappa shape index (κ2) is 9.11. The molecular formula is C24H24N6O2S2. The van der Waals surface area contributed by atoms with E-state index in [2.05, 4.69) is 18.2 Å². The van der Waals surface area contributed by atoms with Crippen molar-refractivity contribution in [2.75, 3.05) is 17.7 Å². The first-order chi connectivity index (χ1) is 16.4. The highest BCUT2D eigenvalue weighted by Gasteiger charge is 2.21. The minimum absolute atomic E-state index is 0.338. The number of nitrogens with zero attached hydrogens (tertiary/aromatic N) is 6. The van der Waals surface area contributed by atoms with Crippen LogP contribution in [0.25, 0.3) is 21.4 Å². The third kappa shape index (κ3) is 4.03. The summed E-state index contributed by atoms with van der Waals surface area (Å²) < 4.78 is 6.66. The quantitative estimate of drug-likeness (QED) is 0.324. The molecule has 0 saturated carbocycles. The molecule has 0 aliphatic heterocycles. The van der Waals surface area contributed by atoms with Crippen LogP contribution in [-0.4, -0.2) is 36.5 Å². The minimum Gasteiger partial charge on any atom is -0.341 e. The number of hydrogen-bond donors (Lipinski definition) is 0. The van der Waals surface area contributed by atoms with Gasteiger partial charge in [-0.25, -0.2) is 9.78 Å². The second-order valence-corrected chi connectivity index (χ2v) is 10.5. The standard InChI is InChI=1S/C24H24N6O2S2/c1-27(15-16-9-5-4-6-10-16)22-26-20-19(21(31)29(3)24(32)28(20)2)30(22)13-14-33-23-25-17-11-7-8-12-18(17)34-23/h4-12H,13-15H2,1-3H3. The summed E-state index contributed by atoms with van der Waals surface area (Å²) in [5.74, 6) is 1.37. The minimum atomic E-state index is -0.386. The molecule has 0 saturated heterocycles. The fraction of sp³-hybridized carbons (Fsp3) is 0.250. The maximum absolute atomic E-state index is 13.1. The molecule has 0 bridgehead atoms. The van der Waals surface area contributed by atoms with Crippen molar-refractivity contribution >= 4 is 50.4 Å². The van der Waals surface area contributed by atoms with E-state index in [1.165, 1.54) is 11.6 Å². The van der Waals surface area contributed by atoms with Crippen LogP contribution in [0.4, 0.5) is 5.95 Å². The molecule has 10 heteroatoms. The van der Waals surface area contributed by atoms with Crippen molar-refractivity contribution in [3.05, 3.63) is 81.0 Å². The number of fused-ring (bicyclic) bond motifs is 2. The Morgan fingerprint density at radius 3 is 2.47 bits per heavy atom. The fourth-order valence-corrected chi connectivity index (χ4v) is 6.07. The molecular weight excluding hydrogens is 468 g/mol. The topological polar surface area (TPSA) is 78.0 Å². The Balaban J connectivity index is 1.51. The summed E-state index contributed by atoms with van der Waals surface area (Å²) in [5.41, 5.74) is 2.24. The number of para-hydroxylation sites is 1. The van der Waals surface area contributed by atoms with Gasteiger partial charge in [0.25, 0.3) is 5.56 Å². The van der Waals surface area contributed by atoms with Gasteiger partial charge in [-0.15, -0.1) is 11.3 Å². The highest BCUT2D eigenvalue weighted by atomic mass is 32.2. The van der Waals surface area contributed by atoms with E-state index >= 15 is 0 Å². The van der Waals surface area contributed by atoms with Crippen molar-refractivity contribution in [3.8, 4) is 0 Å². The Morgan fingerprint density at radius 1 is 0.971 bits per heavy atom. The number of thioether (sulfide) groups is 1. The number of imidazole rings is 1. The van der Waals surface area contributed by atoms with Gasteiger partial charge in [0.05, 0.1) is 10.2 Å². The van der Waals surface area contributed by atoms with Gasteiger partial charge in [-0.2, -0.15) is 4.98 Å². The summed E-state index contributed by atoms with van der Waals surface area (Å²) in [4.78, 5) is 37.1. The molecule has 34 heavy (non-hydrogen) atoms. The Bertz CT molecular complexity index is 1570. The van der Waals surface area contributed by atoms with E-state index in [1.807, 2.05) is 52.9 Å². The van der Waals surface area contributed by atoms with E-state index in [0.717, 1.165) is 24.7 Å². The molecule has 0 aliphatic rings. The lowest BCUT2D eigenvalue weighted by atomic mass is 10.2. The molecule has 0 fully saturated rings. The zero-order valence-electron chi connectivity index (χ0n) is 19.1. The number of aromatic nitrogens is 5. The highest BCUT2D eigenvalue weighted by Crippen LogP contribution is 2.30. The van der Waals surface area contributed by atoms with Crippen LogP contribution >= 0.6 is 23.1 Å². The van der Waals surface area contributed by atoms with E-state index in [9.17, 15) is 9.59 Å². The van der Waals surface area contributed by atoms with E-state index in [0.29, 0.717) is 36.0 Å². The number of aryl methyl sites for hydroxylation is 2. The first-order valence-electron chi connectivity index (χ1n) is 10.8. The molecule has 3 aromatic heterocycles. The van der Waals surface area contributed by atoms with Gasteiger partial charge in [-0.05, 0) is 17.7 Å². The maximum atomic E-state index is 13.1. The average molecular weight is 493 g/mol. The van der Waals surface area contributed by atoms with Crippen LogP contribution in [0.2, 0.25) is 0 Å². The van der Waals surface area contributed by atoms with E-state index in [4.69, 9.17) is 9.97 Å². The molecule has 0 radical (unpaired) electrons. The highest BCUT2D eigenvalue weighted by molar-refractivity contribution is 8.01. The lowest BCUT2D eigenvalue weighted by Crippen LogP contribution is -2.37. The Hall–Kier alpha value is -3.37. The zero-order valence-corrected chi connectivity index (χ0v) is 20.8. The molecule has 0 amide bonds. The van der Waals surface area contributed by atoms with Crippen LogP contribution in [0, 0.1) is 0 Å². The van der Waals surface area contributed by atoms with Gasteiger partial charge in [0, 0.05) is 40.0 Å². The lowest BCUT2D eigenvalue weighted by molar-refractivity contribution is 0.698. The molecule has 5 rings (SSSR count). The first-order valence-corrected chi connectivity index (χ1v) is 12.6. The number of thiazole rings is 1. The van der Waals surface area contributed by atoms with Crippen LogP contribution in [0.15, 0.2) is 68.5 Å². The SMILES string of the molecule is CN(Cc1ccccc1)c1nc2c(c(=O)n(C)c(=O)n2C)n1CCSc1nc2ccccc2s1. The van der Waals surface area contributed by atoms with Gasteiger partial charge in [-0.3, -0.25) is 13.9 Å². The molecule has 5 aromatic rings. The zero-order chi connectivity index (χ0) is 23.8. The molecule has 2 aromatic carbocycles. The average Bonchev–Trinajstić information content (AvgIpc) is 3.43. The number of anilines is 1. The fourth-order valence-electron chi connectivity index (χ4n) is 4.00. The van der Waals surface area contributed by atoms with Gasteiger partial charge in [0.2, 0.25) is 5.95 Å². The van der Waals surface area contributed by atoms with Crippen molar-refractivity contribution in [2.45, 2.75) is 17.4 Å². The van der Waals surface area contributed by atoms with Crippen molar-refractivity contribution in [3.63, 3.8) is 0 Å². The van der Waals surface area contributed by atoms with E-state index < -0.39 is 0 Å². The molecule has 0 N–H and O–H groups in total. The molecule has 8 nitrogen and oxygen atoms in total. The van der Waals surface area contributed by atoms with Gasteiger partial charge < -0.3 is 9.47 Å². The van der Waals surface area contributed by atoms with Gasteiger partial charge >= 0.3 is 5.69 Å². The molecule has 0 unspecified atom stereocenters. The molecule has 174 valence electrons. The van der Waals surface area contributed by atoms with Crippen LogP contribution < -0.4 is 16.1 Å². The number of rotatable bonds is 7. The lowest BCUT2D eigenvalue weighted by Gasteiger charge is -2.20. The molecule has 0 spiro atoms. The van der Waals surface area contributed by atoms with Gasteiger partial charge in [-0.1, -0.05) is 54.2 Å². The second-order valence-electron chi connectivity index (χ2n) is 8.08. The Kier molecular flexibility index (Phi) is 6.01. The Morgan fingerprint density at radius 2 is 1.71 bits per heavy atom. The predicted octanol–water partition coefficient (Wildman–Crippen LogP) is 3.47. The normalized spacial score (nSPS) is 11.5. The molecule has 0 atom stereocenters.